The first-order valence-electron chi connectivity index (χ1n) is 23.0. The Morgan fingerprint density at radius 3 is 1.66 bits per heavy atom. The third kappa shape index (κ3) is 5.35. The fraction of sp³-hybridized carbons (Fsp3) is 0.0492. The van der Waals surface area contributed by atoms with Crippen LogP contribution in [-0.2, 0) is 0 Å². The summed E-state index contributed by atoms with van der Waals surface area (Å²) in [4.78, 5) is 4.52. The van der Waals surface area contributed by atoms with E-state index in [1.807, 2.05) is 48.5 Å². The molecule has 0 bridgehead atoms. The molecule has 15 rings (SSSR count). The number of benzene rings is 9. The molecule has 2 atom stereocenters. The van der Waals surface area contributed by atoms with E-state index in [2.05, 4.69) is 174 Å². The van der Waals surface area contributed by atoms with E-state index in [0.717, 1.165) is 128 Å². The maximum atomic E-state index is 6.85. The molecule has 0 saturated carbocycles. The van der Waals surface area contributed by atoms with Crippen LogP contribution < -0.4 is 14.5 Å². The number of rotatable bonds is 6. The van der Waals surface area contributed by atoms with Crippen LogP contribution in [0.1, 0.15) is 18.4 Å². The third-order valence-corrected chi connectivity index (χ3v) is 14.2. The van der Waals surface area contributed by atoms with Crippen molar-refractivity contribution in [2.45, 2.75) is 18.4 Å². The lowest BCUT2D eigenvalue weighted by Crippen LogP contribution is -2.35. The molecule has 0 radical (unpaired) electrons. The van der Waals surface area contributed by atoms with Gasteiger partial charge in [-0.1, -0.05) is 78.9 Å². The van der Waals surface area contributed by atoms with E-state index in [-0.39, 0.29) is 5.92 Å². The molecule has 7 nitrogen and oxygen atoms in total. The first kappa shape index (κ1) is 37.3. The minimum absolute atomic E-state index is 0.129. The molecule has 322 valence electrons. The van der Waals surface area contributed by atoms with Gasteiger partial charge in [-0.15, -0.1) is 0 Å². The lowest BCUT2D eigenvalue weighted by molar-refractivity contribution is 0.154. The van der Waals surface area contributed by atoms with Gasteiger partial charge in [-0.3, -0.25) is 0 Å². The van der Waals surface area contributed by atoms with Crippen molar-refractivity contribution in [3.63, 3.8) is 0 Å². The largest absolute Gasteiger partial charge is 0.482 e. The number of nitrogens with zero attached hydrogens (tertiary/aromatic N) is 2. The highest BCUT2D eigenvalue weighted by Crippen LogP contribution is 2.51. The Balaban J connectivity index is 0.848. The minimum atomic E-state index is -0.528. The summed E-state index contributed by atoms with van der Waals surface area (Å²) >= 11 is 0. The normalized spacial score (nSPS) is 16.7. The molecule has 2 unspecified atom stereocenters. The lowest BCUT2D eigenvalue weighted by Gasteiger charge is -2.34. The van der Waals surface area contributed by atoms with Crippen molar-refractivity contribution in [2.24, 2.45) is 0 Å². The van der Waals surface area contributed by atoms with Crippen LogP contribution in [0.4, 0.5) is 28.4 Å². The Kier molecular flexibility index (Phi) is 7.57. The van der Waals surface area contributed by atoms with Crippen LogP contribution in [0, 0.1) is 0 Å². The van der Waals surface area contributed by atoms with Gasteiger partial charge in [-0.25, -0.2) is 0 Å². The molecule has 2 aliphatic rings. The van der Waals surface area contributed by atoms with Crippen LogP contribution in [0.3, 0.4) is 0 Å². The van der Waals surface area contributed by atoms with Crippen molar-refractivity contribution in [1.29, 1.82) is 0 Å². The number of anilines is 5. The molecule has 9 aromatic carbocycles. The first-order chi connectivity index (χ1) is 33.5. The van der Waals surface area contributed by atoms with E-state index in [1.54, 1.807) is 0 Å². The second-order valence-electron chi connectivity index (χ2n) is 18.1. The Bertz CT molecular complexity index is 4290. The zero-order chi connectivity index (χ0) is 44.7. The maximum Gasteiger partial charge on any atom is 0.147 e. The van der Waals surface area contributed by atoms with Gasteiger partial charge in [0.2, 0.25) is 0 Å². The van der Waals surface area contributed by atoms with Crippen molar-refractivity contribution in [1.82, 2.24) is 0 Å². The lowest BCUT2D eigenvalue weighted by atomic mass is 9.81. The zero-order valence-electron chi connectivity index (χ0n) is 36.6. The van der Waals surface area contributed by atoms with Crippen LogP contribution in [0.5, 0.6) is 5.75 Å². The third-order valence-electron chi connectivity index (χ3n) is 14.2. The maximum absolute atomic E-state index is 6.85. The van der Waals surface area contributed by atoms with Crippen LogP contribution in [-0.4, -0.2) is 5.60 Å². The number of fused-ring (bicyclic) bond motifs is 17. The fourth-order valence-electron chi connectivity index (χ4n) is 11.1. The van der Waals surface area contributed by atoms with E-state index in [1.165, 1.54) is 5.56 Å². The molecule has 4 aromatic heterocycles. The second-order valence-corrected chi connectivity index (χ2v) is 18.1. The number of para-hydroxylation sites is 4. The van der Waals surface area contributed by atoms with E-state index >= 15 is 0 Å². The molecule has 0 amide bonds. The predicted octanol–water partition coefficient (Wildman–Crippen LogP) is 17.3. The number of ether oxygens (including phenoxy) is 1. The second kappa shape index (κ2) is 13.8. The van der Waals surface area contributed by atoms with E-state index in [4.69, 9.17) is 22.4 Å². The molecule has 1 aliphatic carbocycles. The highest BCUT2D eigenvalue weighted by molar-refractivity contribution is 6.30. The van der Waals surface area contributed by atoms with Gasteiger partial charge in [0.1, 0.15) is 56.0 Å². The van der Waals surface area contributed by atoms with Gasteiger partial charge >= 0.3 is 0 Å². The first-order valence-corrected chi connectivity index (χ1v) is 23.0. The van der Waals surface area contributed by atoms with Crippen LogP contribution in [0.2, 0.25) is 0 Å². The number of hydrogen-bond acceptors (Lipinski definition) is 7. The summed E-state index contributed by atoms with van der Waals surface area (Å²) in [7, 11) is 0. The van der Waals surface area contributed by atoms with Gasteiger partial charge in [0.05, 0.1) is 5.39 Å². The van der Waals surface area contributed by atoms with E-state index in [9.17, 15) is 0 Å². The van der Waals surface area contributed by atoms with E-state index < -0.39 is 5.60 Å². The topological polar surface area (TPSA) is 68.3 Å². The summed E-state index contributed by atoms with van der Waals surface area (Å²) < 4.78 is 33.3. The molecule has 0 saturated heterocycles. The van der Waals surface area contributed by atoms with Gasteiger partial charge in [-0.05, 0) is 116 Å². The van der Waals surface area contributed by atoms with Gasteiger partial charge < -0.3 is 32.2 Å². The number of furan rings is 4. The quantitative estimate of drug-likeness (QED) is 0.165. The van der Waals surface area contributed by atoms with Crippen molar-refractivity contribution in [3.8, 4) is 5.75 Å². The number of hydrogen-bond donors (Lipinski definition) is 0. The summed E-state index contributed by atoms with van der Waals surface area (Å²) in [5.41, 5.74) is 13.1. The highest BCUT2D eigenvalue weighted by Gasteiger charge is 2.44. The molecule has 13 aromatic rings. The van der Waals surface area contributed by atoms with Gasteiger partial charge in [0.25, 0.3) is 0 Å². The molecule has 68 heavy (non-hydrogen) atoms. The Hall–Kier alpha value is -8.94. The van der Waals surface area contributed by atoms with E-state index in [0.29, 0.717) is 0 Å². The predicted molar refractivity (Wildman–Crippen MR) is 274 cm³/mol. The number of allylic oxidation sites excluding steroid dienone is 1. The Morgan fingerprint density at radius 2 is 0.912 bits per heavy atom. The van der Waals surface area contributed by atoms with Crippen molar-refractivity contribution in [2.75, 3.05) is 9.80 Å². The SMILES string of the molecule is CC12C=C(N(c3ccccc3)c3ccc4c(c3)oc3ccc5c(oc6ccc7oc8cc(N(c9ccccc9)c9ccc%10c(c9)oc9ccccc9%10)ccc8c7c65)c34)C=CC1c1ccccc1O2. The summed E-state index contributed by atoms with van der Waals surface area (Å²) in [6, 6.07) is 65.0. The molecule has 0 spiro atoms. The molecule has 7 heteroatoms. The zero-order valence-corrected chi connectivity index (χ0v) is 36.6. The van der Waals surface area contributed by atoms with Crippen LogP contribution in [0.15, 0.2) is 230 Å². The molecular weight excluding hydrogens is 841 g/mol. The van der Waals surface area contributed by atoms with Gasteiger partial charge in [-0.2, -0.15) is 0 Å². The molecule has 1 aliphatic heterocycles. The Morgan fingerprint density at radius 1 is 0.397 bits per heavy atom. The van der Waals surface area contributed by atoms with Crippen LogP contribution in [0.25, 0.3) is 87.8 Å². The van der Waals surface area contributed by atoms with Gasteiger partial charge in [0, 0.05) is 102 Å². The minimum Gasteiger partial charge on any atom is -0.482 e. The smallest absolute Gasteiger partial charge is 0.147 e. The standard InChI is InChI=1S/C61H38N2O5/c1-61-35-41(23-28-48(61)44-17-9-11-19-50(44)68-61)63(37-14-6-3-7-15-37)40-22-26-46-56(34-40)66-53-29-27-47-58-52(67-60(47)59(46)53)31-30-51-57(58)45-25-21-39(33-55(45)65-51)62(36-12-4-2-5-13-36)38-20-24-43-42-16-8-10-18-49(42)64-54(43)32-38/h2-35,48H,1H3. The summed E-state index contributed by atoms with van der Waals surface area (Å²) in [5, 5.41) is 8.17. The molecule has 0 N–H and O–H groups in total. The summed E-state index contributed by atoms with van der Waals surface area (Å²) in [6.07, 6.45) is 6.75. The monoisotopic (exact) mass is 878 g/mol. The summed E-state index contributed by atoms with van der Waals surface area (Å²) in [6.45, 7) is 2.17. The summed E-state index contributed by atoms with van der Waals surface area (Å²) in [5.74, 6) is 1.06. The highest BCUT2D eigenvalue weighted by atomic mass is 16.5. The average Bonchev–Trinajstić information content (AvgIpc) is 4.19. The van der Waals surface area contributed by atoms with Crippen molar-refractivity contribution in [3.05, 3.63) is 218 Å². The molecular formula is C61H38N2O5. The fourth-order valence-corrected chi connectivity index (χ4v) is 11.1. The van der Waals surface area contributed by atoms with Crippen molar-refractivity contribution >= 4 is 116 Å². The van der Waals surface area contributed by atoms with Crippen molar-refractivity contribution < 1.29 is 22.4 Å². The molecule has 5 heterocycles. The van der Waals surface area contributed by atoms with Crippen LogP contribution >= 0.6 is 0 Å². The molecule has 0 fully saturated rings. The average molecular weight is 879 g/mol. The Labute approximate surface area is 388 Å². The van der Waals surface area contributed by atoms with Gasteiger partial charge in [0.15, 0.2) is 0 Å².